The van der Waals surface area contributed by atoms with Gasteiger partial charge in [0.1, 0.15) is 5.57 Å². The van der Waals surface area contributed by atoms with E-state index in [1.165, 1.54) is 5.56 Å². The van der Waals surface area contributed by atoms with E-state index in [-0.39, 0.29) is 11.1 Å². The largest absolute Gasteiger partial charge is 0.369 e. The van der Waals surface area contributed by atoms with Crippen molar-refractivity contribution >= 4 is 51.2 Å². The van der Waals surface area contributed by atoms with Gasteiger partial charge in [-0.25, -0.2) is 9.69 Å². The van der Waals surface area contributed by atoms with Crippen LogP contribution in [0.25, 0.3) is 6.08 Å². The second-order valence-electron chi connectivity index (χ2n) is 8.73. The van der Waals surface area contributed by atoms with Crippen LogP contribution in [-0.4, -0.2) is 30.4 Å². The maximum absolute atomic E-state index is 13.1. The number of benzene rings is 2. The van der Waals surface area contributed by atoms with Gasteiger partial charge in [0.15, 0.2) is 0 Å². The fourth-order valence-electron chi connectivity index (χ4n) is 4.33. The van der Waals surface area contributed by atoms with Gasteiger partial charge in [-0.1, -0.05) is 28.9 Å². The summed E-state index contributed by atoms with van der Waals surface area (Å²) in [7, 11) is 2.09. The van der Waals surface area contributed by atoms with E-state index < -0.39 is 17.8 Å². The number of nitrogens with one attached hydrogen (secondary N) is 1. The molecule has 2 aromatic carbocycles. The Morgan fingerprint density at radius 3 is 2.45 bits per heavy atom. The van der Waals surface area contributed by atoms with Crippen LogP contribution in [0.1, 0.15) is 44.2 Å². The molecule has 0 bridgehead atoms. The number of imide groups is 2. The summed E-state index contributed by atoms with van der Waals surface area (Å²) < 4.78 is 0.823. The van der Waals surface area contributed by atoms with Crippen molar-refractivity contribution in [2.75, 3.05) is 16.8 Å². The summed E-state index contributed by atoms with van der Waals surface area (Å²) in [6, 6.07) is 12.0. The zero-order valence-corrected chi connectivity index (χ0v) is 19.5. The first-order valence-electron chi connectivity index (χ1n) is 10.1. The fraction of sp³-hybridized carbons (Fsp3) is 0.292. The fourth-order valence-corrected chi connectivity index (χ4v) is 4.60. The predicted octanol–water partition coefficient (Wildman–Crippen LogP) is 4.84. The summed E-state index contributed by atoms with van der Waals surface area (Å²) in [6.07, 6.45) is 2.56. The summed E-state index contributed by atoms with van der Waals surface area (Å²) in [5, 5.41) is 2.27. The number of halogens is 1. The molecule has 4 amide bonds. The molecule has 2 heterocycles. The Morgan fingerprint density at radius 1 is 1.10 bits per heavy atom. The Labute approximate surface area is 190 Å². The van der Waals surface area contributed by atoms with Crippen molar-refractivity contribution in [3.63, 3.8) is 0 Å². The third-order valence-electron chi connectivity index (χ3n) is 6.16. The summed E-state index contributed by atoms with van der Waals surface area (Å²) in [6.45, 7) is 6.64. The number of amides is 4. The number of hydrogen-bond acceptors (Lipinski definition) is 4. The standard InChI is InChI=1S/C24H24BrN3O3/c1-14-13-24(2,3)27(4)20-10-5-15(11-18(14)20)12-19-21(29)26-23(31)28(22(19)30)17-8-6-16(25)7-9-17/h5-12,14H,13H2,1-4H3,(H,26,29,31)/b19-12+/t14-/m0/s1. The molecule has 1 saturated heterocycles. The minimum Gasteiger partial charge on any atom is -0.369 e. The number of rotatable bonds is 2. The van der Waals surface area contributed by atoms with Gasteiger partial charge in [0.2, 0.25) is 0 Å². The normalized spacial score (nSPS) is 21.9. The molecule has 0 aliphatic carbocycles. The molecule has 0 saturated carbocycles. The van der Waals surface area contributed by atoms with Crippen molar-refractivity contribution in [1.29, 1.82) is 0 Å². The quantitative estimate of drug-likeness (QED) is 0.492. The maximum Gasteiger partial charge on any atom is 0.335 e. The van der Waals surface area contributed by atoms with Gasteiger partial charge in [0.05, 0.1) is 5.69 Å². The van der Waals surface area contributed by atoms with Gasteiger partial charge >= 0.3 is 6.03 Å². The lowest BCUT2D eigenvalue weighted by Crippen LogP contribution is -2.54. The van der Waals surface area contributed by atoms with E-state index in [9.17, 15) is 14.4 Å². The van der Waals surface area contributed by atoms with Crippen molar-refractivity contribution in [2.45, 2.75) is 38.6 Å². The van der Waals surface area contributed by atoms with Crippen LogP contribution in [0.3, 0.4) is 0 Å². The van der Waals surface area contributed by atoms with Gasteiger partial charge in [0, 0.05) is 22.7 Å². The number of barbiturate groups is 1. The zero-order chi connectivity index (χ0) is 22.5. The SMILES string of the molecule is C[C@H]1CC(C)(C)N(C)c2ccc(/C=C3\C(=O)NC(=O)N(c4ccc(Br)cc4)C3=O)cc21. The lowest BCUT2D eigenvalue weighted by Gasteiger charge is -2.45. The Bertz CT molecular complexity index is 1120. The lowest BCUT2D eigenvalue weighted by atomic mass is 9.80. The summed E-state index contributed by atoms with van der Waals surface area (Å²) >= 11 is 3.34. The molecule has 0 spiro atoms. The molecule has 0 radical (unpaired) electrons. The number of urea groups is 1. The van der Waals surface area contributed by atoms with Gasteiger partial charge in [-0.2, -0.15) is 0 Å². The van der Waals surface area contributed by atoms with Crippen molar-refractivity contribution in [3.05, 3.63) is 63.6 Å². The summed E-state index contributed by atoms with van der Waals surface area (Å²) in [5.41, 5.74) is 3.46. The highest BCUT2D eigenvalue weighted by Gasteiger charge is 2.37. The molecular formula is C24H24BrN3O3. The van der Waals surface area contributed by atoms with Crippen LogP contribution in [0.5, 0.6) is 0 Å². The van der Waals surface area contributed by atoms with Crippen LogP contribution in [0.4, 0.5) is 16.2 Å². The third kappa shape index (κ3) is 3.78. The van der Waals surface area contributed by atoms with Crippen molar-refractivity contribution in [2.24, 2.45) is 0 Å². The van der Waals surface area contributed by atoms with Crippen LogP contribution >= 0.6 is 15.9 Å². The number of anilines is 2. The molecule has 7 heteroatoms. The highest BCUT2D eigenvalue weighted by atomic mass is 79.9. The predicted molar refractivity (Wildman–Crippen MR) is 125 cm³/mol. The highest BCUT2D eigenvalue weighted by Crippen LogP contribution is 2.42. The third-order valence-corrected chi connectivity index (χ3v) is 6.68. The minimum absolute atomic E-state index is 0.0527. The minimum atomic E-state index is -0.752. The highest BCUT2D eigenvalue weighted by molar-refractivity contribution is 9.10. The summed E-state index contributed by atoms with van der Waals surface area (Å²) in [4.78, 5) is 41.2. The van der Waals surface area contributed by atoms with Crippen LogP contribution in [0, 0.1) is 0 Å². The van der Waals surface area contributed by atoms with Crippen LogP contribution < -0.4 is 15.1 Å². The van der Waals surface area contributed by atoms with Gasteiger partial charge in [-0.05, 0) is 79.8 Å². The molecule has 2 aliphatic rings. The summed E-state index contributed by atoms with van der Waals surface area (Å²) in [5.74, 6) is -0.983. The zero-order valence-electron chi connectivity index (χ0n) is 17.9. The second kappa shape index (κ2) is 7.64. The van der Waals surface area contributed by atoms with Crippen LogP contribution in [-0.2, 0) is 9.59 Å². The Kier molecular flexibility index (Phi) is 5.25. The Balaban J connectivity index is 1.72. The van der Waals surface area contributed by atoms with Crippen LogP contribution in [0.15, 0.2) is 52.5 Å². The first-order valence-corrected chi connectivity index (χ1v) is 10.9. The molecule has 2 aliphatic heterocycles. The molecule has 4 rings (SSSR count). The number of hydrogen-bond donors (Lipinski definition) is 1. The number of carbonyl (C=O) groups is 3. The smallest absolute Gasteiger partial charge is 0.335 e. The van der Waals surface area contributed by atoms with Gasteiger partial charge in [-0.15, -0.1) is 0 Å². The molecular weight excluding hydrogens is 458 g/mol. The average Bonchev–Trinajstić information content (AvgIpc) is 2.70. The van der Waals surface area contributed by atoms with E-state index in [0.717, 1.165) is 27.0 Å². The van der Waals surface area contributed by atoms with Gasteiger partial charge in [-0.3, -0.25) is 14.9 Å². The van der Waals surface area contributed by atoms with E-state index in [1.807, 2.05) is 18.2 Å². The molecule has 1 atom stereocenters. The number of fused-ring (bicyclic) bond motifs is 1. The van der Waals surface area contributed by atoms with Gasteiger partial charge in [0.25, 0.3) is 11.8 Å². The first kappa shape index (κ1) is 21.3. The number of nitrogens with zero attached hydrogens (tertiary/aromatic N) is 2. The molecule has 1 fully saturated rings. The molecule has 1 N–H and O–H groups in total. The van der Waals surface area contributed by atoms with Crippen molar-refractivity contribution < 1.29 is 14.4 Å². The van der Waals surface area contributed by atoms with Crippen molar-refractivity contribution in [1.82, 2.24) is 5.32 Å². The van der Waals surface area contributed by atoms with E-state index >= 15 is 0 Å². The molecule has 2 aromatic rings. The maximum atomic E-state index is 13.1. The van der Waals surface area contributed by atoms with E-state index in [0.29, 0.717) is 11.6 Å². The van der Waals surface area contributed by atoms with E-state index in [4.69, 9.17) is 0 Å². The van der Waals surface area contributed by atoms with Gasteiger partial charge < -0.3 is 4.90 Å². The second-order valence-corrected chi connectivity index (χ2v) is 9.64. The monoisotopic (exact) mass is 481 g/mol. The molecule has 0 unspecified atom stereocenters. The van der Waals surface area contributed by atoms with Crippen molar-refractivity contribution in [3.8, 4) is 0 Å². The average molecular weight is 482 g/mol. The molecule has 0 aromatic heterocycles. The number of carbonyl (C=O) groups excluding carboxylic acids is 3. The Hall–Kier alpha value is -2.93. The van der Waals surface area contributed by atoms with E-state index in [1.54, 1.807) is 30.3 Å². The van der Waals surface area contributed by atoms with E-state index in [2.05, 4.69) is 54.0 Å². The molecule has 31 heavy (non-hydrogen) atoms. The Morgan fingerprint density at radius 2 is 1.77 bits per heavy atom. The first-order chi connectivity index (χ1) is 14.6. The topological polar surface area (TPSA) is 69.7 Å². The molecule has 160 valence electrons. The van der Waals surface area contributed by atoms with Crippen LogP contribution in [0.2, 0.25) is 0 Å². The lowest BCUT2D eigenvalue weighted by molar-refractivity contribution is -0.122. The molecule has 6 nitrogen and oxygen atoms in total.